The van der Waals surface area contributed by atoms with Crippen LogP contribution in [0.25, 0.3) is 11.3 Å². The van der Waals surface area contributed by atoms with Crippen LogP contribution in [0.1, 0.15) is 18.7 Å². The molecule has 1 aliphatic rings. The van der Waals surface area contributed by atoms with E-state index < -0.39 is 6.04 Å². The fourth-order valence-electron chi connectivity index (χ4n) is 3.10. The van der Waals surface area contributed by atoms with Gasteiger partial charge in [0.05, 0.1) is 17.1 Å². The highest BCUT2D eigenvalue weighted by Gasteiger charge is 2.34. The highest BCUT2D eigenvalue weighted by Crippen LogP contribution is 2.41. The Bertz CT molecular complexity index is 932. The number of anilines is 2. The van der Waals surface area contributed by atoms with E-state index in [1.54, 1.807) is 21.7 Å². The van der Waals surface area contributed by atoms with Crippen molar-refractivity contribution in [3.63, 3.8) is 0 Å². The summed E-state index contributed by atoms with van der Waals surface area (Å²) >= 11 is 6.00. The van der Waals surface area contributed by atoms with Gasteiger partial charge in [0, 0.05) is 16.3 Å². The van der Waals surface area contributed by atoms with E-state index in [0.29, 0.717) is 5.02 Å². The molecule has 0 aliphatic carbocycles. The summed E-state index contributed by atoms with van der Waals surface area (Å²) in [6, 6.07) is 14.6. The zero-order valence-electron chi connectivity index (χ0n) is 13.3. The zero-order valence-corrected chi connectivity index (χ0v) is 14.0. The summed E-state index contributed by atoms with van der Waals surface area (Å²) in [5, 5.41) is 8.98. The quantitative estimate of drug-likeness (QED) is 0.670. The smallest absolute Gasteiger partial charge is 0.256 e. The van der Waals surface area contributed by atoms with Crippen LogP contribution in [0.2, 0.25) is 5.02 Å². The molecule has 120 valence electrons. The van der Waals surface area contributed by atoms with Gasteiger partial charge in [0.15, 0.2) is 0 Å². The Morgan fingerprint density at radius 3 is 2.54 bits per heavy atom. The number of carbonyl (C=O) groups is 1. The highest BCUT2D eigenvalue weighted by molar-refractivity contribution is 6.30. The molecule has 0 bridgehead atoms. The van der Waals surface area contributed by atoms with Crippen molar-refractivity contribution in [2.45, 2.75) is 19.9 Å². The van der Waals surface area contributed by atoms with Crippen molar-refractivity contribution in [1.82, 2.24) is 15.0 Å². The molecule has 2 aromatic carbocycles. The Hall–Kier alpha value is -2.66. The molecule has 0 saturated heterocycles. The second-order valence-electron chi connectivity index (χ2n) is 5.81. The van der Waals surface area contributed by atoms with E-state index in [2.05, 4.69) is 10.3 Å². The second kappa shape index (κ2) is 5.46. The zero-order chi connectivity index (χ0) is 16.8. The van der Waals surface area contributed by atoms with E-state index in [1.807, 2.05) is 50.2 Å². The summed E-state index contributed by atoms with van der Waals surface area (Å²) in [5.41, 5.74) is 4.22. The molecular weight excluding hydrogens is 324 g/mol. The number of halogens is 1. The molecule has 4 rings (SSSR count). The second-order valence-corrected chi connectivity index (χ2v) is 6.25. The number of fused-ring (bicyclic) bond motifs is 3. The van der Waals surface area contributed by atoms with E-state index in [1.165, 1.54) is 0 Å². The van der Waals surface area contributed by atoms with Gasteiger partial charge in [-0.15, -0.1) is 5.10 Å². The standard InChI is InChI=1S/C18H15ClN4O/c1-11-17-15-5-3-4-6-16(15)22(14-9-7-13(19)8-10-14)18(24)12(2)23(17)21-20-11/h3-10,12H,1-2H3. The van der Waals surface area contributed by atoms with Gasteiger partial charge in [-0.1, -0.05) is 35.0 Å². The van der Waals surface area contributed by atoms with Gasteiger partial charge in [-0.2, -0.15) is 0 Å². The van der Waals surface area contributed by atoms with Gasteiger partial charge in [-0.05, 0) is 44.2 Å². The van der Waals surface area contributed by atoms with Crippen molar-refractivity contribution in [1.29, 1.82) is 0 Å². The maximum absolute atomic E-state index is 13.2. The Balaban J connectivity index is 2.00. The lowest BCUT2D eigenvalue weighted by Gasteiger charge is -2.24. The molecule has 1 aromatic heterocycles. The minimum absolute atomic E-state index is 0.0616. The fraction of sp³-hybridized carbons (Fsp3) is 0.167. The van der Waals surface area contributed by atoms with Crippen LogP contribution in [0.3, 0.4) is 0 Å². The van der Waals surface area contributed by atoms with E-state index in [4.69, 9.17) is 11.6 Å². The first-order valence-corrected chi connectivity index (χ1v) is 8.06. The van der Waals surface area contributed by atoms with Gasteiger partial charge < -0.3 is 0 Å². The average Bonchev–Trinajstić information content (AvgIpc) is 2.94. The molecule has 1 amide bonds. The van der Waals surface area contributed by atoms with Gasteiger partial charge in [-0.25, -0.2) is 4.68 Å². The number of aryl methyl sites for hydroxylation is 1. The molecule has 0 N–H and O–H groups in total. The van der Waals surface area contributed by atoms with Crippen molar-refractivity contribution in [3.05, 3.63) is 59.2 Å². The Kier molecular flexibility index (Phi) is 3.39. The summed E-state index contributed by atoms with van der Waals surface area (Å²) in [5.74, 6) is -0.0616. The normalized spacial score (nSPS) is 16.5. The maximum Gasteiger partial charge on any atom is 0.256 e. The number of benzene rings is 2. The van der Waals surface area contributed by atoms with E-state index >= 15 is 0 Å². The van der Waals surface area contributed by atoms with Crippen molar-refractivity contribution < 1.29 is 4.79 Å². The molecule has 24 heavy (non-hydrogen) atoms. The number of carbonyl (C=O) groups excluding carboxylic acids is 1. The number of amides is 1. The molecule has 0 spiro atoms. The number of aromatic nitrogens is 3. The molecule has 0 saturated carbocycles. The van der Waals surface area contributed by atoms with Gasteiger partial charge >= 0.3 is 0 Å². The molecule has 6 heteroatoms. The molecule has 0 fully saturated rings. The number of rotatable bonds is 1. The Labute approximate surface area is 144 Å². The predicted octanol–water partition coefficient (Wildman–Crippen LogP) is 4.15. The van der Waals surface area contributed by atoms with Crippen molar-refractivity contribution >= 4 is 28.9 Å². The van der Waals surface area contributed by atoms with Crippen LogP contribution in [0.15, 0.2) is 48.5 Å². The van der Waals surface area contributed by atoms with E-state index in [-0.39, 0.29) is 5.91 Å². The molecule has 0 radical (unpaired) electrons. The summed E-state index contributed by atoms with van der Waals surface area (Å²) in [6.07, 6.45) is 0. The number of hydrogen-bond donors (Lipinski definition) is 0. The van der Waals surface area contributed by atoms with Crippen LogP contribution in [0, 0.1) is 6.92 Å². The van der Waals surface area contributed by atoms with E-state index in [9.17, 15) is 4.79 Å². The molecule has 1 atom stereocenters. The molecule has 1 aliphatic heterocycles. The third-order valence-corrected chi connectivity index (χ3v) is 4.54. The average molecular weight is 339 g/mol. The first kappa shape index (κ1) is 14.9. The van der Waals surface area contributed by atoms with Crippen molar-refractivity contribution in [2.75, 3.05) is 4.90 Å². The van der Waals surface area contributed by atoms with Crippen LogP contribution in [0.4, 0.5) is 11.4 Å². The highest BCUT2D eigenvalue weighted by atomic mass is 35.5. The van der Waals surface area contributed by atoms with Gasteiger partial charge in [0.25, 0.3) is 5.91 Å². The Morgan fingerprint density at radius 1 is 1.08 bits per heavy atom. The first-order chi connectivity index (χ1) is 11.6. The lowest BCUT2D eigenvalue weighted by molar-refractivity contribution is -0.120. The molecular formula is C18H15ClN4O. The van der Waals surface area contributed by atoms with Crippen LogP contribution < -0.4 is 4.90 Å². The molecule has 5 nitrogen and oxygen atoms in total. The fourth-order valence-corrected chi connectivity index (χ4v) is 3.22. The largest absolute Gasteiger partial charge is 0.279 e. The summed E-state index contributed by atoms with van der Waals surface area (Å²) in [4.78, 5) is 14.9. The minimum atomic E-state index is -0.454. The predicted molar refractivity (Wildman–Crippen MR) is 93.5 cm³/mol. The third-order valence-electron chi connectivity index (χ3n) is 4.29. The lowest BCUT2D eigenvalue weighted by Crippen LogP contribution is -2.31. The molecule has 1 unspecified atom stereocenters. The summed E-state index contributed by atoms with van der Waals surface area (Å²) in [7, 11) is 0. The van der Waals surface area contributed by atoms with Gasteiger partial charge in [-0.3, -0.25) is 9.69 Å². The van der Waals surface area contributed by atoms with Gasteiger partial charge in [0.2, 0.25) is 0 Å². The monoisotopic (exact) mass is 338 g/mol. The number of hydrogen-bond acceptors (Lipinski definition) is 3. The van der Waals surface area contributed by atoms with Crippen LogP contribution in [-0.4, -0.2) is 20.9 Å². The van der Waals surface area contributed by atoms with Crippen LogP contribution in [-0.2, 0) is 4.79 Å². The molecule has 2 heterocycles. The van der Waals surface area contributed by atoms with Crippen molar-refractivity contribution in [2.24, 2.45) is 0 Å². The maximum atomic E-state index is 13.2. The Morgan fingerprint density at radius 2 is 1.79 bits per heavy atom. The van der Waals surface area contributed by atoms with Crippen LogP contribution in [0.5, 0.6) is 0 Å². The van der Waals surface area contributed by atoms with Crippen LogP contribution >= 0.6 is 11.6 Å². The number of nitrogens with zero attached hydrogens (tertiary/aromatic N) is 4. The minimum Gasteiger partial charge on any atom is -0.279 e. The third kappa shape index (κ3) is 2.12. The topological polar surface area (TPSA) is 51.0 Å². The molecule has 3 aromatic rings. The van der Waals surface area contributed by atoms with E-state index in [0.717, 1.165) is 28.3 Å². The SMILES string of the molecule is Cc1nnn2c1-c1ccccc1N(c1ccc(Cl)cc1)C(=O)C2C. The van der Waals surface area contributed by atoms with Gasteiger partial charge in [0.1, 0.15) is 6.04 Å². The number of para-hydroxylation sites is 1. The van der Waals surface area contributed by atoms with Crippen molar-refractivity contribution in [3.8, 4) is 11.3 Å². The summed E-state index contributed by atoms with van der Waals surface area (Å²) < 4.78 is 1.70. The summed E-state index contributed by atoms with van der Waals surface area (Å²) in [6.45, 7) is 3.75. The lowest BCUT2D eigenvalue weighted by atomic mass is 10.1. The first-order valence-electron chi connectivity index (χ1n) is 7.68.